The van der Waals surface area contributed by atoms with E-state index < -0.39 is 45.8 Å². The van der Waals surface area contributed by atoms with Gasteiger partial charge in [-0.1, -0.05) is 0 Å². The van der Waals surface area contributed by atoms with Crippen LogP contribution in [-0.2, 0) is 16.4 Å². The van der Waals surface area contributed by atoms with Crippen molar-refractivity contribution in [1.82, 2.24) is 10.3 Å². The second-order valence-corrected chi connectivity index (χ2v) is 10.3. The number of rotatable bonds is 11. The summed E-state index contributed by atoms with van der Waals surface area (Å²) >= 11 is 0.921. The molecule has 3 unspecified atom stereocenters. The van der Waals surface area contributed by atoms with Gasteiger partial charge in [0.15, 0.2) is 5.13 Å². The number of aromatic nitrogens is 1. The van der Waals surface area contributed by atoms with Gasteiger partial charge in [-0.2, -0.15) is 0 Å². The van der Waals surface area contributed by atoms with Crippen LogP contribution in [0.5, 0.6) is 0 Å². The number of thiazole rings is 1. The number of hydrogen-bond donors (Lipinski definition) is 3. The summed E-state index contributed by atoms with van der Waals surface area (Å²) < 4.78 is 51.5. The van der Waals surface area contributed by atoms with Crippen LogP contribution < -0.4 is 9.62 Å². The van der Waals surface area contributed by atoms with E-state index in [1.807, 2.05) is 0 Å². The van der Waals surface area contributed by atoms with Gasteiger partial charge in [0.1, 0.15) is 23.4 Å². The van der Waals surface area contributed by atoms with Crippen molar-refractivity contribution < 1.29 is 32.2 Å². The van der Waals surface area contributed by atoms with Crippen molar-refractivity contribution in [3.05, 3.63) is 46.5 Å². The fraction of sp³-hybridized carbons (Fsp3) is 0.429. The number of unbranched alkanes of at least 4 members (excludes halogenated alkanes) is 1. The summed E-state index contributed by atoms with van der Waals surface area (Å²) in [5, 5.41) is 24.9. The Balaban J connectivity index is 2.24. The fourth-order valence-electron chi connectivity index (χ4n) is 2.99. The predicted octanol–water partition coefficient (Wildman–Crippen LogP) is 1.68. The van der Waals surface area contributed by atoms with E-state index in [2.05, 4.69) is 16.2 Å². The first-order chi connectivity index (χ1) is 15.4. The molecule has 33 heavy (non-hydrogen) atoms. The van der Waals surface area contributed by atoms with Crippen LogP contribution in [0.4, 0.5) is 13.9 Å². The van der Waals surface area contributed by atoms with E-state index in [9.17, 15) is 32.2 Å². The van der Waals surface area contributed by atoms with Crippen LogP contribution in [0.1, 0.15) is 35.3 Å². The molecule has 0 spiro atoms. The van der Waals surface area contributed by atoms with Gasteiger partial charge in [0.05, 0.1) is 18.4 Å². The highest BCUT2D eigenvalue weighted by atomic mass is 32.2. The molecule has 0 aliphatic heterocycles. The zero-order valence-electron chi connectivity index (χ0n) is 18.0. The highest BCUT2D eigenvalue weighted by molar-refractivity contribution is 7.92. The van der Waals surface area contributed by atoms with E-state index in [4.69, 9.17) is 6.42 Å². The Morgan fingerprint density at radius 1 is 1.30 bits per heavy atom. The number of carbonyl (C=O) groups excluding carboxylic acids is 1. The number of anilines is 1. The molecule has 0 saturated carbocycles. The van der Waals surface area contributed by atoms with Crippen molar-refractivity contribution in [2.24, 2.45) is 0 Å². The fourth-order valence-corrected chi connectivity index (χ4v) is 4.53. The van der Waals surface area contributed by atoms with E-state index in [0.717, 1.165) is 34.0 Å². The van der Waals surface area contributed by atoms with Gasteiger partial charge in [0.2, 0.25) is 10.0 Å². The van der Waals surface area contributed by atoms with Crippen LogP contribution >= 0.6 is 11.3 Å². The molecule has 0 aliphatic carbocycles. The van der Waals surface area contributed by atoms with Crippen LogP contribution in [0.2, 0.25) is 0 Å². The number of hydrogen-bond acceptors (Lipinski definition) is 7. The van der Waals surface area contributed by atoms with Gasteiger partial charge in [0, 0.05) is 24.9 Å². The predicted molar refractivity (Wildman–Crippen MR) is 121 cm³/mol. The number of carbonyl (C=O) groups is 1. The number of aliphatic hydroxyl groups excluding tert-OH is 2. The lowest BCUT2D eigenvalue weighted by Crippen LogP contribution is -2.50. The van der Waals surface area contributed by atoms with E-state index in [-0.39, 0.29) is 29.2 Å². The second-order valence-electron chi connectivity index (χ2n) is 7.46. The minimum absolute atomic E-state index is 0.0567. The van der Waals surface area contributed by atoms with Crippen LogP contribution in [0.15, 0.2) is 23.6 Å². The topological polar surface area (TPSA) is 120 Å². The maximum Gasteiger partial charge on any atom is 0.271 e. The maximum absolute atomic E-state index is 13.6. The lowest BCUT2D eigenvalue weighted by molar-refractivity contribution is -0.00792. The van der Waals surface area contributed by atoms with Crippen molar-refractivity contribution in [1.29, 1.82) is 0 Å². The van der Waals surface area contributed by atoms with Gasteiger partial charge in [-0.3, -0.25) is 4.79 Å². The van der Waals surface area contributed by atoms with Crippen molar-refractivity contribution in [3.63, 3.8) is 0 Å². The molecule has 0 aliphatic rings. The molecule has 0 radical (unpaired) electrons. The van der Waals surface area contributed by atoms with Gasteiger partial charge in [-0.15, -0.1) is 23.7 Å². The highest BCUT2D eigenvalue weighted by Crippen LogP contribution is 2.22. The number of terminal acetylenes is 1. The Labute approximate surface area is 195 Å². The lowest BCUT2D eigenvalue weighted by Gasteiger charge is -2.28. The quantitative estimate of drug-likeness (QED) is 0.318. The number of aliphatic hydroxyl groups is 2. The van der Waals surface area contributed by atoms with Gasteiger partial charge >= 0.3 is 0 Å². The molecule has 3 N–H and O–H groups in total. The monoisotopic (exact) mass is 501 g/mol. The maximum atomic E-state index is 13.6. The number of sulfonamides is 1. The smallest absolute Gasteiger partial charge is 0.271 e. The molecule has 180 valence electrons. The first-order valence-corrected chi connectivity index (χ1v) is 12.6. The van der Waals surface area contributed by atoms with Gasteiger partial charge in [-0.05, 0) is 37.0 Å². The molecule has 2 rings (SSSR count). The SMILES string of the molecule is C#CCCCC(O)C(O)C(Cc1cc(F)cc(F)c1)NC(=O)c1csc(N(C)S(C)(=O)=O)n1. The zero-order chi connectivity index (χ0) is 24.8. The number of halogens is 2. The number of nitrogens with one attached hydrogen (secondary N) is 1. The van der Waals surface area contributed by atoms with Gasteiger partial charge in [0.25, 0.3) is 5.91 Å². The largest absolute Gasteiger partial charge is 0.390 e. The summed E-state index contributed by atoms with van der Waals surface area (Å²) in [7, 11) is -2.30. The average Bonchev–Trinajstić information content (AvgIpc) is 3.21. The van der Waals surface area contributed by atoms with E-state index in [1.54, 1.807) is 0 Å². The number of benzene rings is 1. The molecule has 1 heterocycles. The standard InChI is InChI=1S/C21H25F2N3O5S2/c1-4-5-6-7-18(27)19(28)16(10-13-8-14(22)11-15(23)9-13)24-20(29)17-12-32-21(25-17)26(2)33(3,30)31/h1,8-9,11-12,16,18-19,27-28H,5-7,10H2,2-3H3,(H,24,29). The molecule has 1 amide bonds. The van der Waals surface area contributed by atoms with E-state index >= 15 is 0 Å². The molecule has 2 aromatic rings. The summed E-state index contributed by atoms with van der Waals surface area (Å²) in [6.07, 6.45) is 4.21. The summed E-state index contributed by atoms with van der Waals surface area (Å²) in [5.74, 6) is 0.0124. The zero-order valence-corrected chi connectivity index (χ0v) is 19.7. The normalized spacial score (nSPS) is 14.2. The Bertz CT molecular complexity index is 1100. The molecule has 0 bridgehead atoms. The second kappa shape index (κ2) is 11.5. The van der Waals surface area contributed by atoms with Crippen molar-refractivity contribution in [3.8, 4) is 12.3 Å². The third-order valence-corrected chi connectivity index (χ3v) is 7.01. The first-order valence-electron chi connectivity index (χ1n) is 9.87. The van der Waals surface area contributed by atoms with Crippen LogP contribution in [0, 0.1) is 24.0 Å². The molecule has 0 saturated heterocycles. The van der Waals surface area contributed by atoms with Crippen molar-refractivity contribution in [2.75, 3.05) is 17.6 Å². The van der Waals surface area contributed by atoms with Crippen molar-refractivity contribution in [2.45, 2.75) is 43.9 Å². The molecular weight excluding hydrogens is 476 g/mol. The van der Waals surface area contributed by atoms with Crippen LogP contribution in [-0.4, -0.2) is 61.1 Å². The van der Waals surface area contributed by atoms with Gasteiger partial charge < -0.3 is 15.5 Å². The lowest BCUT2D eigenvalue weighted by atomic mass is 9.95. The molecule has 3 atom stereocenters. The summed E-state index contributed by atoms with van der Waals surface area (Å²) in [6.45, 7) is 0. The molecule has 1 aromatic carbocycles. The minimum Gasteiger partial charge on any atom is -0.390 e. The van der Waals surface area contributed by atoms with Gasteiger partial charge in [-0.25, -0.2) is 26.5 Å². The Kier molecular flexibility index (Phi) is 9.30. The number of amides is 1. The Morgan fingerprint density at radius 3 is 2.52 bits per heavy atom. The molecule has 8 nitrogen and oxygen atoms in total. The average molecular weight is 502 g/mol. The molecular formula is C21H25F2N3O5S2. The first kappa shape index (κ1) is 26.7. The Morgan fingerprint density at radius 2 is 1.94 bits per heavy atom. The minimum atomic E-state index is -3.58. The van der Waals surface area contributed by atoms with E-state index in [1.165, 1.54) is 12.4 Å². The molecule has 1 aromatic heterocycles. The van der Waals surface area contributed by atoms with E-state index in [0.29, 0.717) is 18.9 Å². The highest BCUT2D eigenvalue weighted by Gasteiger charge is 2.29. The molecule has 12 heteroatoms. The third-order valence-electron chi connectivity index (χ3n) is 4.81. The van der Waals surface area contributed by atoms with Crippen molar-refractivity contribution >= 4 is 32.4 Å². The third kappa shape index (κ3) is 7.75. The number of nitrogens with zero attached hydrogens (tertiary/aromatic N) is 2. The summed E-state index contributed by atoms with van der Waals surface area (Å²) in [6, 6.07) is 1.68. The van der Waals surface area contributed by atoms with Crippen LogP contribution in [0.25, 0.3) is 0 Å². The summed E-state index contributed by atoms with van der Waals surface area (Å²) in [4.78, 5) is 16.7. The molecule has 0 fully saturated rings. The Hall–Kier alpha value is -2.59. The summed E-state index contributed by atoms with van der Waals surface area (Å²) in [5.41, 5.74) is 0.0402. The van der Waals surface area contributed by atoms with Crippen LogP contribution in [0.3, 0.4) is 0 Å².